The summed E-state index contributed by atoms with van der Waals surface area (Å²) < 4.78 is 84.9. The van der Waals surface area contributed by atoms with Crippen molar-refractivity contribution in [3.05, 3.63) is 95.3 Å². The van der Waals surface area contributed by atoms with Crippen LogP contribution in [0.25, 0.3) is 0 Å². The van der Waals surface area contributed by atoms with Crippen LogP contribution < -0.4 is 30.9 Å². The third-order valence-electron chi connectivity index (χ3n) is 10.5. The van der Waals surface area contributed by atoms with Gasteiger partial charge in [-0.15, -0.1) is 5.10 Å². The smallest absolute Gasteiger partial charge is 0.382 e. The molecule has 5 amide bonds. The molecule has 370 valence electrons. The number of anilines is 6. The predicted molar refractivity (Wildman–Crippen MR) is 241 cm³/mol. The lowest BCUT2D eigenvalue weighted by atomic mass is 10.0. The minimum absolute atomic E-state index is 0.0291. The lowest BCUT2D eigenvalue weighted by Gasteiger charge is -2.27. The quantitative estimate of drug-likeness (QED) is 0.0464. The highest BCUT2D eigenvalue weighted by Crippen LogP contribution is 2.35. The summed E-state index contributed by atoms with van der Waals surface area (Å²) in [5.74, 6) is -3.74. The molecule has 2 aliphatic rings. The molecular weight excluding hydrogens is 950 g/mol. The number of halogens is 3. The van der Waals surface area contributed by atoms with Crippen LogP contribution in [0.3, 0.4) is 0 Å². The van der Waals surface area contributed by atoms with E-state index in [4.69, 9.17) is 14.2 Å². The fourth-order valence-corrected chi connectivity index (χ4v) is 7.42. The molecule has 1 atom stereocenters. The molecule has 5 aromatic rings. The summed E-state index contributed by atoms with van der Waals surface area (Å²) >= 11 is 0. The minimum Gasteiger partial charge on any atom is -0.382 e. The number of benzene rings is 2. The Labute approximate surface area is 396 Å². The van der Waals surface area contributed by atoms with Crippen molar-refractivity contribution in [2.24, 2.45) is 0 Å². The van der Waals surface area contributed by atoms with Crippen LogP contribution in [0.1, 0.15) is 55.3 Å². The third-order valence-corrected chi connectivity index (χ3v) is 11.6. The standard InChI is InChI=1S/C42H45F3N14O10S/c1-57(70(2,65)66)36-30(46-12-13-48-36)23-49-35-28(42(43,44)45)22-50-41(54-35)52-26-8-6-25(7-9-26)51-37(61)31-24-58(56-55-31)15-17-68-19-21-69-20-18-67-16-14-47-29-5-3-4-27-34(29)40(64)59(39(27)63)32-10-11-33(60)53-38(32)62/h3-9,12-13,22,24,32,47H,10-11,14-21,23H2,1-2H3,(H,51,61)(H,53,60,62)(H2,49,50,52,54). The van der Waals surface area contributed by atoms with Crippen molar-refractivity contribution in [2.45, 2.75) is 38.1 Å². The van der Waals surface area contributed by atoms with Crippen LogP contribution in [0, 0.1) is 0 Å². The van der Waals surface area contributed by atoms with Gasteiger partial charge in [-0.05, 0) is 42.8 Å². The first-order chi connectivity index (χ1) is 33.5. The Morgan fingerprint density at radius 1 is 0.900 bits per heavy atom. The lowest BCUT2D eigenvalue weighted by Crippen LogP contribution is -2.54. The molecule has 0 saturated carbocycles. The molecule has 2 aromatic carbocycles. The number of carbonyl (C=O) groups is 5. The van der Waals surface area contributed by atoms with Gasteiger partial charge in [0.2, 0.25) is 27.8 Å². The second-order valence-corrected chi connectivity index (χ2v) is 17.3. The van der Waals surface area contributed by atoms with Crippen LogP contribution in [-0.2, 0) is 53.1 Å². The number of hydrogen-bond donors (Lipinski definition) is 5. The number of imide groups is 2. The number of fused-ring (bicyclic) bond motifs is 1. The summed E-state index contributed by atoms with van der Waals surface area (Å²) in [5.41, 5.74) is 0.423. The number of alkyl halides is 3. The number of nitrogens with zero attached hydrogens (tertiary/aromatic N) is 9. The van der Waals surface area contributed by atoms with E-state index in [2.05, 4.69) is 56.8 Å². The van der Waals surface area contributed by atoms with Crippen molar-refractivity contribution in [2.75, 3.05) is 85.1 Å². The first-order valence-corrected chi connectivity index (χ1v) is 23.1. The Morgan fingerprint density at radius 2 is 1.60 bits per heavy atom. The number of carbonyl (C=O) groups excluding carboxylic acids is 5. The molecule has 5 heterocycles. The number of amides is 5. The summed E-state index contributed by atoms with van der Waals surface area (Å²) in [6.07, 6.45) is 0.780. The topological polar surface area (TPSA) is 296 Å². The zero-order chi connectivity index (χ0) is 50.0. The first-order valence-electron chi connectivity index (χ1n) is 21.3. The maximum atomic E-state index is 13.9. The largest absolute Gasteiger partial charge is 0.421 e. The summed E-state index contributed by atoms with van der Waals surface area (Å²) in [5, 5.41) is 21.2. The SMILES string of the molecule is CN(c1nccnc1CNc1nc(Nc2ccc(NC(=O)c3cn(CCOCCOCCOCCNc4cccc5c4C(=O)N(C4CCC(=O)NC4=O)C5=O)nn3)cc2)ncc1C(F)(F)F)S(C)(=O)=O. The van der Waals surface area contributed by atoms with E-state index in [9.17, 15) is 45.6 Å². The molecule has 1 fully saturated rings. The number of nitrogens with one attached hydrogen (secondary N) is 5. The summed E-state index contributed by atoms with van der Waals surface area (Å²) in [4.78, 5) is 79.8. The zero-order valence-corrected chi connectivity index (χ0v) is 38.2. The van der Waals surface area contributed by atoms with Crippen LogP contribution in [0.2, 0.25) is 0 Å². The van der Waals surface area contributed by atoms with E-state index in [1.54, 1.807) is 12.1 Å². The van der Waals surface area contributed by atoms with Crippen LogP contribution in [0.5, 0.6) is 0 Å². The van der Waals surface area contributed by atoms with Crippen LogP contribution in [-0.4, -0.2) is 143 Å². The van der Waals surface area contributed by atoms with Gasteiger partial charge in [-0.3, -0.25) is 43.5 Å². The number of sulfonamides is 1. The average Bonchev–Trinajstić information content (AvgIpc) is 3.90. The summed E-state index contributed by atoms with van der Waals surface area (Å²) in [6.45, 7) is 1.90. The van der Waals surface area contributed by atoms with Gasteiger partial charge in [-0.25, -0.2) is 23.1 Å². The van der Waals surface area contributed by atoms with Gasteiger partial charge in [0.1, 0.15) is 23.1 Å². The highest BCUT2D eigenvalue weighted by atomic mass is 32.2. The Kier molecular flexibility index (Phi) is 15.9. The molecule has 0 bridgehead atoms. The molecule has 7 rings (SSSR count). The van der Waals surface area contributed by atoms with Gasteiger partial charge in [0.25, 0.3) is 17.7 Å². The van der Waals surface area contributed by atoms with Crippen molar-refractivity contribution in [3.63, 3.8) is 0 Å². The average molecular weight is 995 g/mol. The van der Waals surface area contributed by atoms with Gasteiger partial charge >= 0.3 is 6.18 Å². The van der Waals surface area contributed by atoms with Gasteiger partial charge in [-0.1, -0.05) is 11.3 Å². The van der Waals surface area contributed by atoms with Crippen molar-refractivity contribution >= 4 is 74.2 Å². The molecule has 28 heteroatoms. The normalized spacial score (nSPS) is 14.9. The number of rotatable bonds is 23. The van der Waals surface area contributed by atoms with Gasteiger partial charge in [0.05, 0.1) is 76.3 Å². The van der Waals surface area contributed by atoms with Crippen molar-refractivity contribution in [1.29, 1.82) is 0 Å². The number of hydrogen-bond acceptors (Lipinski definition) is 19. The van der Waals surface area contributed by atoms with Gasteiger partial charge in [-0.2, -0.15) is 18.2 Å². The Bertz CT molecular complexity index is 2850. The van der Waals surface area contributed by atoms with Crippen LogP contribution in [0.15, 0.2) is 67.3 Å². The Balaban J connectivity index is 0.777. The van der Waals surface area contributed by atoms with E-state index in [0.29, 0.717) is 36.3 Å². The van der Waals surface area contributed by atoms with Gasteiger partial charge in [0.15, 0.2) is 11.5 Å². The lowest BCUT2D eigenvalue weighted by molar-refractivity contribution is -0.138. The third kappa shape index (κ3) is 12.5. The first kappa shape index (κ1) is 50.2. The predicted octanol–water partition coefficient (Wildman–Crippen LogP) is 2.44. The molecule has 70 heavy (non-hydrogen) atoms. The molecule has 5 N–H and O–H groups in total. The van der Waals surface area contributed by atoms with Crippen molar-refractivity contribution in [3.8, 4) is 0 Å². The van der Waals surface area contributed by atoms with E-state index in [1.807, 2.05) is 0 Å². The Hall–Kier alpha value is -7.69. The highest BCUT2D eigenvalue weighted by Gasteiger charge is 2.45. The van der Waals surface area contributed by atoms with E-state index >= 15 is 0 Å². The van der Waals surface area contributed by atoms with E-state index in [0.717, 1.165) is 15.5 Å². The van der Waals surface area contributed by atoms with Gasteiger partial charge < -0.3 is 35.5 Å². The van der Waals surface area contributed by atoms with Crippen LogP contribution in [0.4, 0.5) is 47.8 Å². The molecule has 0 aliphatic carbocycles. The highest BCUT2D eigenvalue weighted by molar-refractivity contribution is 7.92. The van der Waals surface area contributed by atoms with Crippen molar-refractivity contribution in [1.82, 2.24) is 45.1 Å². The van der Waals surface area contributed by atoms with Crippen molar-refractivity contribution < 1.29 is 59.8 Å². The number of ether oxygens (including phenoxy) is 3. The fraction of sp³-hybridized carbons (Fsp3) is 0.357. The van der Waals surface area contributed by atoms with E-state index in [-0.39, 0.29) is 93.3 Å². The molecule has 2 aliphatic heterocycles. The molecule has 3 aromatic heterocycles. The molecule has 1 saturated heterocycles. The molecule has 0 radical (unpaired) electrons. The molecular formula is C42H45F3N14O10S. The monoisotopic (exact) mass is 994 g/mol. The fourth-order valence-electron chi connectivity index (χ4n) is 6.95. The number of aromatic nitrogens is 7. The number of piperidine rings is 1. The van der Waals surface area contributed by atoms with E-state index < -0.39 is 63.2 Å². The van der Waals surface area contributed by atoms with E-state index in [1.165, 1.54) is 60.7 Å². The van der Waals surface area contributed by atoms with Crippen LogP contribution >= 0.6 is 0 Å². The molecule has 0 spiro atoms. The summed E-state index contributed by atoms with van der Waals surface area (Å²) in [6, 6.07) is 9.90. The minimum atomic E-state index is -4.83. The Morgan fingerprint density at radius 3 is 2.31 bits per heavy atom. The summed E-state index contributed by atoms with van der Waals surface area (Å²) in [7, 11) is -2.51. The second-order valence-electron chi connectivity index (χ2n) is 15.3. The van der Waals surface area contributed by atoms with Gasteiger partial charge in [0, 0.05) is 55.7 Å². The zero-order valence-electron chi connectivity index (χ0n) is 37.4. The maximum absolute atomic E-state index is 13.9. The molecule has 1 unspecified atom stereocenters. The molecule has 24 nitrogen and oxygen atoms in total. The second kappa shape index (κ2) is 22.2. The maximum Gasteiger partial charge on any atom is 0.421 e.